The van der Waals surface area contributed by atoms with Crippen LogP contribution >= 0.6 is 27.7 Å². The van der Waals surface area contributed by atoms with Crippen molar-refractivity contribution < 1.29 is 13.9 Å². The predicted molar refractivity (Wildman–Crippen MR) is 118 cm³/mol. The number of benzene rings is 2. The molecular formula is C22H21BrFN3O2S. The Kier molecular flexibility index (Phi) is 5.99. The van der Waals surface area contributed by atoms with Gasteiger partial charge in [0.25, 0.3) is 0 Å². The molecule has 0 spiro atoms. The van der Waals surface area contributed by atoms with Gasteiger partial charge in [0.2, 0.25) is 5.91 Å². The highest BCUT2D eigenvalue weighted by Crippen LogP contribution is 2.38. The van der Waals surface area contributed by atoms with Gasteiger partial charge in [-0.05, 0) is 64.7 Å². The van der Waals surface area contributed by atoms with Crippen LogP contribution in [0, 0.1) is 5.82 Å². The summed E-state index contributed by atoms with van der Waals surface area (Å²) in [6.45, 7) is 1.02. The van der Waals surface area contributed by atoms with Gasteiger partial charge in [-0.3, -0.25) is 9.48 Å². The van der Waals surface area contributed by atoms with Gasteiger partial charge in [-0.2, -0.15) is 5.10 Å². The standard InChI is InChI=1S/C22H21BrFN3O2S/c1-27-20(18(23)13-26-27)17-6-5-16(12-19(17)24)30-15-4-2-3-14(11-15)22(21(25)28)7-9-29-10-8-22/h2-6,11-13H,7-10H2,1H3,(H2,25,28). The fourth-order valence-electron chi connectivity index (χ4n) is 3.86. The van der Waals surface area contributed by atoms with Crippen LogP contribution < -0.4 is 5.73 Å². The number of amides is 1. The van der Waals surface area contributed by atoms with Crippen molar-refractivity contribution in [1.29, 1.82) is 0 Å². The molecule has 1 amide bonds. The Morgan fingerprint density at radius 2 is 1.97 bits per heavy atom. The lowest BCUT2D eigenvalue weighted by atomic mass is 9.73. The molecule has 1 saturated heterocycles. The van der Waals surface area contributed by atoms with Gasteiger partial charge in [-0.25, -0.2) is 4.39 Å². The number of ether oxygens (including phenoxy) is 1. The number of nitrogens with zero attached hydrogens (tertiary/aromatic N) is 2. The van der Waals surface area contributed by atoms with E-state index in [0.717, 1.165) is 19.8 Å². The number of nitrogens with two attached hydrogens (primary N) is 1. The summed E-state index contributed by atoms with van der Waals surface area (Å²) in [6.07, 6.45) is 2.78. The van der Waals surface area contributed by atoms with Crippen molar-refractivity contribution in [3.63, 3.8) is 0 Å². The Balaban J connectivity index is 1.62. The molecule has 1 fully saturated rings. The third kappa shape index (κ3) is 3.91. The Labute approximate surface area is 186 Å². The van der Waals surface area contributed by atoms with Crippen LogP contribution in [0.15, 0.2) is 62.9 Å². The highest BCUT2D eigenvalue weighted by molar-refractivity contribution is 9.10. The van der Waals surface area contributed by atoms with Crippen LogP contribution in [0.4, 0.5) is 4.39 Å². The molecule has 3 aromatic rings. The van der Waals surface area contributed by atoms with Gasteiger partial charge in [-0.1, -0.05) is 23.9 Å². The molecular weight excluding hydrogens is 469 g/mol. The van der Waals surface area contributed by atoms with Gasteiger partial charge in [0.05, 0.1) is 21.8 Å². The van der Waals surface area contributed by atoms with Crippen LogP contribution in [-0.2, 0) is 22.0 Å². The van der Waals surface area contributed by atoms with E-state index in [4.69, 9.17) is 10.5 Å². The molecule has 0 atom stereocenters. The normalized spacial score (nSPS) is 15.8. The van der Waals surface area contributed by atoms with Gasteiger partial charge in [0, 0.05) is 35.6 Å². The maximum absolute atomic E-state index is 14.9. The molecule has 156 valence electrons. The van der Waals surface area contributed by atoms with Crippen molar-refractivity contribution >= 4 is 33.6 Å². The van der Waals surface area contributed by atoms with Crippen molar-refractivity contribution in [2.45, 2.75) is 28.0 Å². The van der Waals surface area contributed by atoms with Crippen molar-refractivity contribution in [3.8, 4) is 11.3 Å². The summed E-state index contributed by atoms with van der Waals surface area (Å²) in [7, 11) is 1.78. The third-order valence-electron chi connectivity index (χ3n) is 5.53. The molecule has 0 unspecified atom stereocenters. The van der Waals surface area contributed by atoms with Gasteiger partial charge in [0.1, 0.15) is 5.82 Å². The average molecular weight is 490 g/mol. The summed E-state index contributed by atoms with van der Waals surface area (Å²) in [5.74, 6) is -0.649. The number of rotatable bonds is 5. The number of aromatic nitrogens is 2. The first-order valence-electron chi connectivity index (χ1n) is 9.54. The van der Waals surface area contributed by atoms with Crippen LogP contribution in [-0.4, -0.2) is 28.9 Å². The molecule has 2 aromatic carbocycles. The SMILES string of the molecule is Cn1ncc(Br)c1-c1ccc(Sc2cccc(C3(C(N)=O)CCOCC3)c2)cc1F. The Bertz CT molecular complexity index is 1080. The third-order valence-corrected chi connectivity index (χ3v) is 7.09. The number of aryl methyl sites for hydroxylation is 1. The van der Waals surface area contributed by atoms with Crippen molar-refractivity contribution in [2.75, 3.05) is 13.2 Å². The number of halogens is 2. The van der Waals surface area contributed by atoms with E-state index < -0.39 is 5.41 Å². The maximum Gasteiger partial charge on any atom is 0.228 e. The number of carbonyl (C=O) groups excluding carboxylic acids is 1. The smallest absolute Gasteiger partial charge is 0.228 e. The van der Waals surface area contributed by atoms with E-state index in [1.54, 1.807) is 24.0 Å². The van der Waals surface area contributed by atoms with E-state index in [2.05, 4.69) is 21.0 Å². The number of primary amides is 1. The van der Waals surface area contributed by atoms with Gasteiger partial charge >= 0.3 is 0 Å². The predicted octanol–water partition coefficient (Wildman–Crippen LogP) is 4.67. The van der Waals surface area contributed by atoms with Crippen LogP contribution in [0.25, 0.3) is 11.3 Å². The summed E-state index contributed by atoms with van der Waals surface area (Å²) >= 11 is 4.87. The second kappa shape index (κ2) is 8.53. The molecule has 0 bridgehead atoms. The molecule has 2 heterocycles. The molecule has 5 nitrogen and oxygen atoms in total. The zero-order valence-electron chi connectivity index (χ0n) is 16.4. The quantitative estimate of drug-likeness (QED) is 0.564. The zero-order chi connectivity index (χ0) is 21.3. The average Bonchev–Trinajstić information content (AvgIpc) is 3.07. The summed E-state index contributed by atoms with van der Waals surface area (Å²) in [5.41, 5.74) is 7.13. The van der Waals surface area contributed by atoms with Crippen molar-refractivity contribution in [1.82, 2.24) is 9.78 Å². The summed E-state index contributed by atoms with van der Waals surface area (Å²) in [5, 5.41) is 4.15. The van der Waals surface area contributed by atoms with E-state index in [-0.39, 0.29) is 11.7 Å². The second-order valence-electron chi connectivity index (χ2n) is 7.29. The number of carbonyl (C=O) groups is 1. The topological polar surface area (TPSA) is 70.1 Å². The maximum atomic E-state index is 14.9. The monoisotopic (exact) mass is 489 g/mol. The Morgan fingerprint density at radius 3 is 2.60 bits per heavy atom. The van der Waals surface area contributed by atoms with Gasteiger partial charge in [0.15, 0.2) is 0 Å². The number of hydrogen-bond acceptors (Lipinski definition) is 4. The molecule has 30 heavy (non-hydrogen) atoms. The van der Waals surface area contributed by atoms with Crippen molar-refractivity contribution in [2.24, 2.45) is 12.8 Å². The Morgan fingerprint density at radius 1 is 1.23 bits per heavy atom. The highest BCUT2D eigenvalue weighted by atomic mass is 79.9. The largest absolute Gasteiger partial charge is 0.381 e. The molecule has 0 saturated carbocycles. The van der Waals surface area contributed by atoms with Gasteiger partial charge in [-0.15, -0.1) is 0 Å². The van der Waals surface area contributed by atoms with E-state index >= 15 is 0 Å². The Hall–Kier alpha value is -2.16. The van der Waals surface area contributed by atoms with E-state index in [9.17, 15) is 9.18 Å². The lowest BCUT2D eigenvalue weighted by Gasteiger charge is -2.34. The summed E-state index contributed by atoms with van der Waals surface area (Å²) in [6, 6.07) is 12.9. The van der Waals surface area contributed by atoms with Crippen LogP contribution in [0.2, 0.25) is 0 Å². The summed E-state index contributed by atoms with van der Waals surface area (Å²) < 4.78 is 22.7. The highest BCUT2D eigenvalue weighted by Gasteiger charge is 2.40. The first-order chi connectivity index (χ1) is 14.4. The molecule has 1 aliphatic heterocycles. The minimum Gasteiger partial charge on any atom is -0.381 e. The zero-order valence-corrected chi connectivity index (χ0v) is 18.8. The lowest BCUT2D eigenvalue weighted by molar-refractivity contribution is -0.127. The van der Waals surface area contributed by atoms with Crippen LogP contribution in [0.3, 0.4) is 0 Å². The van der Waals surface area contributed by atoms with E-state index in [1.165, 1.54) is 17.8 Å². The molecule has 1 aromatic heterocycles. The van der Waals surface area contributed by atoms with E-state index in [0.29, 0.717) is 37.3 Å². The van der Waals surface area contributed by atoms with E-state index in [1.807, 2.05) is 30.3 Å². The molecule has 1 aliphatic rings. The molecule has 4 rings (SSSR count). The molecule has 8 heteroatoms. The first kappa shape index (κ1) is 21.1. The second-order valence-corrected chi connectivity index (χ2v) is 9.30. The molecule has 0 aliphatic carbocycles. The molecule has 2 N–H and O–H groups in total. The first-order valence-corrected chi connectivity index (χ1v) is 11.2. The lowest BCUT2D eigenvalue weighted by Crippen LogP contribution is -2.45. The molecule has 0 radical (unpaired) electrons. The van der Waals surface area contributed by atoms with Crippen LogP contribution in [0.1, 0.15) is 18.4 Å². The van der Waals surface area contributed by atoms with Crippen molar-refractivity contribution in [3.05, 3.63) is 64.5 Å². The minimum absolute atomic E-state index is 0.321. The number of hydrogen-bond donors (Lipinski definition) is 1. The van der Waals surface area contributed by atoms with Gasteiger partial charge < -0.3 is 10.5 Å². The van der Waals surface area contributed by atoms with Crippen LogP contribution in [0.5, 0.6) is 0 Å². The fraction of sp³-hybridized carbons (Fsp3) is 0.273. The minimum atomic E-state index is -0.713. The summed E-state index contributed by atoms with van der Waals surface area (Å²) in [4.78, 5) is 14.0. The fourth-order valence-corrected chi connectivity index (χ4v) is 5.32.